The maximum Gasteiger partial charge on any atom is 0.316 e. The molecule has 0 aliphatic carbocycles. The molecule has 60 valence electrons. The predicted octanol–water partition coefficient (Wildman–Crippen LogP) is -5.29. The summed E-state index contributed by atoms with van der Waals surface area (Å²) in [5.74, 6) is 0. The van der Waals surface area contributed by atoms with Gasteiger partial charge in [0.2, 0.25) is 0 Å². The first-order valence-corrected chi connectivity index (χ1v) is 0. The Balaban J connectivity index is 0. The average Bonchev–Trinajstić information content (AvgIpc) is 0. The molecule has 0 radical (unpaired) electrons. The third-order valence-electron chi connectivity index (χ3n) is 0. The molecule has 0 aromatic rings. The van der Waals surface area contributed by atoms with Crippen LogP contribution in [0.3, 0.4) is 0 Å². The van der Waals surface area contributed by atoms with Gasteiger partial charge in [-0.05, 0) is 0 Å². The van der Waals surface area contributed by atoms with Gasteiger partial charge in [0.05, 0.1) is 0 Å². The number of rotatable bonds is 0. The van der Waals surface area contributed by atoms with Crippen LogP contribution in [0.1, 0.15) is 0 Å². The van der Waals surface area contributed by atoms with Crippen LogP contribution >= 0.6 is 17.0 Å². The fraction of sp³-hybridized carbons (Fsp3) is 0. The highest BCUT2D eigenvalue weighted by atomic mass is 79.9. The Bertz CT molecular complexity index is 8.49. The lowest BCUT2D eigenvalue weighted by atomic mass is 16.0. The molecule has 0 amide bonds. The summed E-state index contributed by atoms with van der Waals surface area (Å²) >= 11 is 0. The zero-order valence-corrected chi connectivity index (χ0v) is 5.12. The lowest BCUT2D eigenvalue weighted by Crippen LogP contribution is -0.381. The molecule has 0 spiro atoms. The van der Waals surface area contributed by atoms with Crippen LogP contribution in [0.5, 0.6) is 0 Å². The number of hydrogen-bond donors (Lipinski definition) is 0. The molecule has 0 aliphatic heterocycles. The summed E-state index contributed by atoms with van der Waals surface area (Å²) in [4.78, 5) is 0. The largest absolute Gasteiger partial charge is 0.412 e. The molecule has 0 unspecified atom stereocenters. The molecule has 0 saturated carbocycles. The second kappa shape index (κ2) is 388. The van der Waals surface area contributed by atoms with Crippen LogP contribution in [0.4, 0.5) is 0 Å². The van der Waals surface area contributed by atoms with E-state index in [-0.39, 0.29) is 72.9 Å². The van der Waals surface area contributed by atoms with Crippen LogP contribution in [-0.2, 0) is 0 Å². The molecule has 0 fully saturated rings. The molecular weight excluding hydrogens is 200 g/mol. The van der Waals surface area contributed by atoms with E-state index in [9.17, 15) is 0 Å². The van der Waals surface area contributed by atoms with E-state index in [0.29, 0.717) is 0 Å². The van der Waals surface area contributed by atoms with Crippen molar-refractivity contribution in [2.75, 3.05) is 0 Å². The maximum absolute atomic E-state index is 0. The third kappa shape index (κ3) is 250. The fourth-order valence-electron chi connectivity index (χ4n) is 0. The second-order valence-electron chi connectivity index (χ2n) is 0. The van der Waals surface area contributed by atoms with Gasteiger partial charge in [0, 0.05) is 0 Å². The molecule has 8 heavy (non-hydrogen) atoms. The molecule has 0 heterocycles. The van der Waals surface area contributed by atoms with E-state index in [1.807, 2.05) is 0 Å². The lowest BCUT2D eigenvalue weighted by Gasteiger charge is -0.413. The van der Waals surface area contributed by atoms with Crippen molar-refractivity contribution in [1.29, 1.82) is 0 Å². The zero-order chi connectivity index (χ0) is 0. The monoisotopic (exact) mass is 214 g/mol. The van der Waals surface area contributed by atoms with E-state index < -0.39 is 0 Å². The van der Waals surface area contributed by atoms with Crippen LogP contribution in [-0.4, -0.2) is 55.9 Å². The van der Waals surface area contributed by atoms with Crippen LogP contribution in [0.2, 0.25) is 0 Å². The summed E-state index contributed by atoms with van der Waals surface area (Å²) in [5.41, 5.74) is 0. The molecule has 0 saturated heterocycles. The minimum absolute atomic E-state index is 0. The van der Waals surface area contributed by atoms with E-state index in [1.54, 1.807) is 0 Å². The van der Waals surface area contributed by atoms with Crippen molar-refractivity contribution in [1.82, 2.24) is 0 Å². The highest BCUT2D eigenvalue weighted by Gasteiger charge is 0.316. The van der Waals surface area contributed by atoms with Crippen molar-refractivity contribution >= 4 is 40.0 Å². The summed E-state index contributed by atoms with van der Waals surface area (Å²) in [5, 5.41) is 0. The molecule has 0 aromatic carbocycles. The number of halogens is 1. The molecule has 0 aliphatic rings. The van der Waals surface area contributed by atoms with Crippen molar-refractivity contribution in [3.63, 3.8) is 0 Å². The maximum atomic E-state index is 0. The summed E-state index contributed by atoms with van der Waals surface area (Å²) in [6.07, 6.45) is 0. The Morgan fingerprint density at radius 2 is 0.375 bits per heavy atom. The fourth-order valence-corrected chi connectivity index (χ4v) is 0. The molecule has 0 atom stereocenters. The van der Waals surface area contributed by atoms with E-state index in [4.69, 9.17) is 0 Å². The van der Waals surface area contributed by atoms with Gasteiger partial charge in [-0.3, -0.25) is 0 Å². The van der Waals surface area contributed by atoms with E-state index >= 15 is 0 Å². The van der Waals surface area contributed by atoms with Crippen LogP contribution in [0, 0.1) is 0 Å². The standard InChI is InChI=1S/BrH.Mg.6H2O.2H/h1H;;6*1H2;;. The van der Waals surface area contributed by atoms with Crippen molar-refractivity contribution in [3.05, 3.63) is 0 Å². The van der Waals surface area contributed by atoms with Gasteiger partial charge in [-0.1, -0.05) is 0 Å². The number of hydrogen-bond acceptors (Lipinski definition) is 0. The quantitative estimate of drug-likeness (QED) is 0.349. The molecular formula is H15BrMgO6. The minimum atomic E-state index is 0. The van der Waals surface area contributed by atoms with E-state index in [1.165, 1.54) is 0 Å². The predicted molar refractivity (Wildman–Crippen MR) is 40.5 cm³/mol. The first kappa shape index (κ1) is 570. The van der Waals surface area contributed by atoms with E-state index in [2.05, 4.69) is 0 Å². The van der Waals surface area contributed by atoms with Crippen molar-refractivity contribution in [3.8, 4) is 0 Å². The van der Waals surface area contributed by atoms with E-state index in [0.717, 1.165) is 0 Å². The summed E-state index contributed by atoms with van der Waals surface area (Å²) < 4.78 is 0. The first-order valence-electron chi connectivity index (χ1n) is 0. The summed E-state index contributed by atoms with van der Waals surface area (Å²) in [6.45, 7) is 0. The highest BCUT2D eigenvalue weighted by Crippen LogP contribution is 0.846. The van der Waals surface area contributed by atoms with Crippen molar-refractivity contribution < 1.29 is 32.9 Å². The van der Waals surface area contributed by atoms with Gasteiger partial charge < -0.3 is 32.9 Å². The van der Waals surface area contributed by atoms with Gasteiger partial charge in [0.25, 0.3) is 0 Å². The Kier molecular flexibility index (Phi) is 27700. The molecule has 12 N–H and O–H groups in total. The zero-order valence-electron chi connectivity index (χ0n) is 3.41. The topological polar surface area (TPSA) is 189 Å². The second-order valence-corrected chi connectivity index (χ2v) is 0. The van der Waals surface area contributed by atoms with Crippen molar-refractivity contribution in [2.24, 2.45) is 0 Å². The Hall–Kier alpha value is 1.01. The molecule has 0 aromatic heterocycles. The van der Waals surface area contributed by atoms with Gasteiger partial charge >= 0.3 is 23.1 Å². The average molecular weight is 215 g/mol. The van der Waals surface area contributed by atoms with Gasteiger partial charge in [-0.2, -0.15) is 0 Å². The van der Waals surface area contributed by atoms with Crippen molar-refractivity contribution in [2.45, 2.75) is 0 Å². The lowest BCUT2D eigenvalue weighted by molar-refractivity contribution is 0.823. The normalized spacial score (nSPS) is 0. The molecule has 8 heteroatoms. The van der Waals surface area contributed by atoms with Crippen LogP contribution in [0.25, 0.3) is 0 Å². The van der Waals surface area contributed by atoms with Crippen LogP contribution in [0.15, 0.2) is 0 Å². The van der Waals surface area contributed by atoms with Gasteiger partial charge in [-0.25, -0.2) is 0 Å². The SMILES string of the molecule is Br.O.O.O.O.O.O.[MgH2]. The first-order chi connectivity index (χ1) is 0. The molecule has 0 bridgehead atoms. The Labute approximate surface area is 73.0 Å². The molecule has 0 rings (SSSR count). The Morgan fingerprint density at radius 1 is 0.375 bits per heavy atom. The van der Waals surface area contributed by atoms with Crippen LogP contribution < -0.4 is 0 Å². The third-order valence-corrected chi connectivity index (χ3v) is 0. The summed E-state index contributed by atoms with van der Waals surface area (Å²) in [6, 6.07) is 0. The smallest absolute Gasteiger partial charge is 0.316 e. The molecule has 6 nitrogen and oxygen atoms in total. The minimum Gasteiger partial charge on any atom is -0.412 e. The van der Waals surface area contributed by atoms with Gasteiger partial charge in [-0.15, -0.1) is 17.0 Å². The Morgan fingerprint density at radius 3 is 0.375 bits per heavy atom. The van der Waals surface area contributed by atoms with Gasteiger partial charge in [0.15, 0.2) is 0 Å². The highest BCUT2D eigenvalue weighted by molar-refractivity contribution is 8.93. The summed E-state index contributed by atoms with van der Waals surface area (Å²) in [7, 11) is 0. The van der Waals surface area contributed by atoms with Gasteiger partial charge in [0.1, 0.15) is 0 Å².